The molecule has 5 heteroatoms. The summed E-state index contributed by atoms with van der Waals surface area (Å²) in [6.45, 7) is 2.42. The number of hydrogen-bond donors (Lipinski definition) is 0. The van der Waals surface area contributed by atoms with E-state index in [1.54, 1.807) is 0 Å². The van der Waals surface area contributed by atoms with E-state index in [1.807, 2.05) is 37.3 Å². The molecule has 0 amide bonds. The van der Waals surface area contributed by atoms with Crippen LogP contribution in [0, 0.1) is 6.92 Å². The molecule has 0 radical (unpaired) electrons. The van der Waals surface area contributed by atoms with Crippen molar-refractivity contribution >= 4 is 23.0 Å². The first-order chi connectivity index (χ1) is 14.6. The van der Waals surface area contributed by atoms with Crippen LogP contribution in [0.2, 0.25) is 0 Å². The van der Waals surface area contributed by atoms with E-state index in [1.165, 1.54) is 0 Å². The summed E-state index contributed by atoms with van der Waals surface area (Å²) >= 11 is 0. The van der Waals surface area contributed by atoms with Crippen molar-refractivity contribution in [3.63, 3.8) is 0 Å². The number of aryl methyl sites for hydroxylation is 2. The summed E-state index contributed by atoms with van der Waals surface area (Å²) in [7, 11) is 0. The Labute approximate surface area is 172 Å². The lowest BCUT2D eigenvalue weighted by atomic mass is 9.81. The van der Waals surface area contributed by atoms with E-state index >= 15 is 0 Å². The SMILES string of the molecule is Cc1cc2oc(=O)c3c(c2c2c1[C@H](C1=Cc4ccccc4OC1)CC(=O)O2)CCC3. The second-order valence-electron chi connectivity index (χ2n) is 8.29. The zero-order valence-corrected chi connectivity index (χ0v) is 16.6. The maximum absolute atomic E-state index is 12.7. The van der Waals surface area contributed by atoms with Crippen LogP contribution in [0.4, 0.5) is 0 Å². The standard InChI is InChI=1S/C25H20O5/c1-13-9-20-23(16-6-4-7-17(16)25(27)29-20)24-22(13)18(11-21(26)30-24)15-10-14-5-2-3-8-19(14)28-12-15/h2-3,5,8-10,18H,4,6-7,11-12H2,1H3/t18-/m0/s1. The molecule has 0 spiro atoms. The van der Waals surface area contributed by atoms with Gasteiger partial charge < -0.3 is 13.9 Å². The monoisotopic (exact) mass is 400 g/mol. The second-order valence-corrected chi connectivity index (χ2v) is 8.29. The topological polar surface area (TPSA) is 65.7 Å². The minimum absolute atomic E-state index is 0.122. The van der Waals surface area contributed by atoms with Crippen LogP contribution in [0.25, 0.3) is 17.0 Å². The maximum atomic E-state index is 12.7. The predicted octanol–water partition coefficient (Wildman–Crippen LogP) is 4.46. The molecule has 5 nitrogen and oxygen atoms in total. The van der Waals surface area contributed by atoms with E-state index in [2.05, 4.69) is 6.08 Å². The predicted molar refractivity (Wildman–Crippen MR) is 112 cm³/mol. The van der Waals surface area contributed by atoms with Gasteiger partial charge in [0.1, 0.15) is 23.7 Å². The Balaban J connectivity index is 1.60. The Kier molecular flexibility index (Phi) is 3.69. The quantitative estimate of drug-likeness (QED) is 0.343. The molecule has 0 bridgehead atoms. The van der Waals surface area contributed by atoms with Gasteiger partial charge in [0.25, 0.3) is 0 Å². The number of ether oxygens (including phenoxy) is 2. The highest BCUT2D eigenvalue weighted by Crippen LogP contribution is 2.48. The van der Waals surface area contributed by atoms with Crippen LogP contribution < -0.4 is 15.1 Å². The van der Waals surface area contributed by atoms with E-state index in [0.29, 0.717) is 24.4 Å². The van der Waals surface area contributed by atoms with Crippen LogP contribution in [-0.2, 0) is 17.6 Å². The van der Waals surface area contributed by atoms with E-state index in [-0.39, 0.29) is 23.9 Å². The zero-order valence-electron chi connectivity index (χ0n) is 16.6. The summed E-state index contributed by atoms with van der Waals surface area (Å²) < 4.78 is 17.4. The molecule has 3 aromatic rings. The number of esters is 1. The molecule has 3 aliphatic rings. The van der Waals surface area contributed by atoms with Crippen molar-refractivity contribution in [1.82, 2.24) is 0 Å². The first-order valence-corrected chi connectivity index (χ1v) is 10.3. The van der Waals surface area contributed by atoms with Gasteiger partial charge >= 0.3 is 11.6 Å². The Hall–Kier alpha value is -3.34. The molecule has 1 aliphatic carbocycles. The Bertz CT molecular complexity index is 1330. The Morgan fingerprint density at radius 2 is 1.90 bits per heavy atom. The molecule has 0 saturated carbocycles. The Morgan fingerprint density at radius 1 is 1.07 bits per heavy atom. The fourth-order valence-electron chi connectivity index (χ4n) is 5.16. The minimum atomic E-state index is -0.270. The van der Waals surface area contributed by atoms with Crippen molar-refractivity contribution in [3.05, 3.63) is 74.1 Å². The van der Waals surface area contributed by atoms with Crippen LogP contribution in [0.1, 0.15) is 46.6 Å². The largest absolute Gasteiger partial charge is 0.489 e. The Morgan fingerprint density at radius 3 is 2.80 bits per heavy atom. The molecule has 6 rings (SSSR count). The highest BCUT2D eigenvalue weighted by Gasteiger charge is 2.36. The van der Waals surface area contributed by atoms with Crippen LogP contribution in [0.15, 0.2) is 45.1 Å². The normalized spacial score (nSPS) is 19.4. The lowest BCUT2D eigenvalue weighted by molar-refractivity contribution is -0.135. The van der Waals surface area contributed by atoms with Crippen LogP contribution in [0.5, 0.6) is 11.5 Å². The van der Waals surface area contributed by atoms with Gasteiger partial charge in [0.2, 0.25) is 0 Å². The average Bonchev–Trinajstić information content (AvgIpc) is 3.23. The maximum Gasteiger partial charge on any atom is 0.339 e. The van der Waals surface area contributed by atoms with Crippen molar-refractivity contribution < 1.29 is 18.7 Å². The fraction of sp³-hybridized carbons (Fsp3) is 0.280. The third-order valence-electron chi connectivity index (χ3n) is 6.50. The molecule has 1 atom stereocenters. The van der Waals surface area contributed by atoms with E-state index < -0.39 is 0 Å². The molecule has 3 heterocycles. The van der Waals surface area contributed by atoms with Crippen LogP contribution in [0.3, 0.4) is 0 Å². The fourth-order valence-corrected chi connectivity index (χ4v) is 5.16. The molecule has 0 unspecified atom stereocenters. The number of carbonyl (C=O) groups excluding carboxylic acids is 1. The van der Waals surface area contributed by atoms with Gasteiger partial charge in [-0.2, -0.15) is 0 Å². The molecule has 0 fully saturated rings. The number of hydrogen-bond acceptors (Lipinski definition) is 5. The number of rotatable bonds is 1. The van der Waals surface area contributed by atoms with Crippen molar-refractivity contribution in [1.29, 1.82) is 0 Å². The molecule has 0 N–H and O–H groups in total. The molecule has 0 saturated heterocycles. The van der Waals surface area contributed by atoms with Gasteiger partial charge in [0.15, 0.2) is 0 Å². The van der Waals surface area contributed by atoms with Gasteiger partial charge in [0, 0.05) is 22.6 Å². The van der Waals surface area contributed by atoms with Crippen LogP contribution in [-0.4, -0.2) is 12.6 Å². The molecular formula is C25H20O5. The number of carbonyl (C=O) groups is 1. The lowest BCUT2D eigenvalue weighted by Gasteiger charge is -2.31. The molecule has 30 heavy (non-hydrogen) atoms. The van der Waals surface area contributed by atoms with Crippen molar-refractivity contribution in [2.75, 3.05) is 6.61 Å². The minimum Gasteiger partial charge on any atom is -0.489 e. The van der Waals surface area contributed by atoms with Gasteiger partial charge in [0.05, 0.1) is 11.8 Å². The van der Waals surface area contributed by atoms with Crippen molar-refractivity contribution in [2.24, 2.45) is 0 Å². The molecular weight excluding hydrogens is 380 g/mol. The lowest BCUT2D eigenvalue weighted by Crippen LogP contribution is -2.25. The van der Waals surface area contributed by atoms with Gasteiger partial charge in [-0.25, -0.2) is 4.79 Å². The number of fused-ring (bicyclic) bond motifs is 6. The summed E-state index contributed by atoms with van der Waals surface area (Å²) in [5, 5.41) is 0.790. The van der Waals surface area contributed by atoms with Crippen molar-refractivity contribution in [2.45, 2.75) is 38.5 Å². The summed E-state index contributed by atoms with van der Waals surface area (Å²) in [5.41, 5.74) is 5.96. The smallest absolute Gasteiger partial charge is 0.339 e. The van der Waals surface area contributed by atoms with Crippen molar-refractivity contribution in [3.8, 4) is 11.5 Å². The number of para-hydroxylation sites is 1. The summed E-state index contributed by atoms with van der Waals surface area (Å²) in [4.78, 5) is 25.1. The summed E-state index contributed by atoms with van der Waals surface area (Å²) in [6.07, 6.45) is 4.83. The third-order valence-corrected chi connectivity index (χ3v) is 6.50. The molecule has 2 aromatic carbocycles. The first kappa shape index (κ1) is 17.5. The van der Waals surface area contributed by atoms with Gasteiger partial charge in [-0.15, -0.1) is 0 Å². The third kappa shape index (κ3) is 2.48. The van der Waals surface area contributed by atoms with E-state index in [9.17, 15) is 9.59 Å². The first-order valence-electron chi connectivity index (χ1n) is 10.3. The number of benzene rings is 2. The summed E-state index contributed by atoms with van der Waals surface area (Å²) in [6, 6.07) is 9.82. The van der Waals surface area contributed by atoms with Gasteiger partial charge in [-0.1, -0.05) is 18.2 Å². The molecule has 150 valence electrons. The zero-order chi connectivity index (χ0) is 20.4. The average molecular weight is 400 g/mol. The molecule has 1 aromatic heterocycles. The highest BCUT2D eigenvalue weighted by molar-refractivity contribution is 5.95. The second kappa shape index (κ2) is 6.33. The summed E-state index contributed by atoms with van der Waals surface area (Å²) in [5.74, 6) is 1.03. The highest BCUT2D eigenvalue weighted by atomic mass is 16.5. The molecule has 2 aliphatic heterocycles. The van der Waals surface area contributed by atoms with Crippen LogP contribution >= 0.6 is 0 Å². The van der Waals surface area contributed by atoms with E-state index in [0.717, 1.165) is 57.4 Å². The van der Waals surface area contributed by atoms with E-state index in [4.69, 9.17) is 13.9 Å². The van der Waals surface area contributed by atoms with Gasteiger partial charge in [-0.3, -0.25) is 4.79 Å². The van der Waals surface area contributed by atoms with Gasteiger partial charge in [-0.05, 0) is 61.1 Å².